The summed E-state index contributed by atoms with van der Waals surface area (Å²) in [4.78, 5) is 14.7. The first-order valence-electron chi connectivity index (χ1n) is 5.72. The van der Waals surface area contributed by atoms with Gasteiger partial charge in [-0.3, -0.25) is 4.79 Å². The molecule has 0 saturated carbocycles. The van der Waals surface area contributed by atoms with Crippen molar-refractivity contribution in [3.8, 4) is 0 Å². The standard InChI is InChI=1S/C14H16N2OS/c1-10-7-8-18-13(10)14(17)16(2)9-11-3-5-12(15)6-4-11/h3-8H,9,15H2,1-2H3. The number of hydrogen-bond acceptors (Lipinski definition) is 3. The zero-order chi connectivity index (χ0) is 13.1. The molecule has 3 nitrogen and oxygen atoms in total. The van der Waals surface area contributed by atoms with Crippen LogP contribution in [0.4, 0.5) is 5.69 Å². The molecule has 0 atom stereocenters. The van der Waals surface area contributed by atoms with Gasteiger partial charge < -0.3 is 10.6 Å². The highest BCUT2D eigenvalue weighted by Crippen LogP contribution is 2.18. The Balaban J connectivity index is 2.08. The second-order valence-electron chi connectivity index (χ2n) is 4.34. The van der Waals surface area contributed by atoms with Gasteiger partial charge in [0.25, 0.3) is 5.91 Å². The molecule has 0 spiro atoms. The number of amides is 1. The molecule has 2 aromatic rings. The van der Waals surface area contributed by atoms with E-state index in [0.29, 0.717) is 6.54 Å². The number of anilines is 1. The fraction of sp³-hybridized carbons (Fsp3) is 0.214. The second kappa shape index (κ2) is 5.23. The molecule has 2 rings (SSSR count). The van der Waals surface area contributed by atoms with Crippen molar-refractivity contribution < 1.29 is 4.79 Å². The van der Waals surface area contributed by atoms with Crippen LogP contribution in [0.1, 0.15) is 20.8 Å². The summed E-state index contributed by atoms with van der Waals surface area (Å²) in [5.74, 6) is 0.0688. The van der Waals surface area contributed by atoms with Crippen molar-refractivity contribution in [1.82, 2.24) is 4.90 Å². The number of nitrogen functional groups attached to an aromatic ring is 1. The first-order chi connectivity index (χ1) is 8.58. The molecular formula is C14H16N2OS. The fourth-order valence-electron chi connectivity index (χ4n) is 1.73. The van der Waals surface area contributed by atoms with Crippen LogP contribution in [0.2, 0.25) is 0 Å². The molecule has 1 heterocycles. The molecule has 0 aliphatic heterocycles. The summed E-state index contributed by atoms with van der Waals surface area (Å²) in [6.45, 7) is 2.55. The largest absolute Gasteiger partial charge is 0.399 e. The molecule has 18 heavy (non-hydrogen) atoms. The Morgan fingerprint density at radius 1 is 1.28 bits per heavy atom. The number of nitrogens with two attached hydrogens (primary N) is 1. The highest BCUT2D eigenvalue weighted by Gasteiger charge is 2.15. The Kier molecular flexibility index (Phi) is 3.67. The molecule has 0 aliphatic carbocycles. The van der Waals surface area contributed by atoms with Gasteiger partial charge >= 0.3 is 0 Å². The summed E-state index contributed by atoms with van der Waals surface area (Å²) in [7, 11) is 1.82. The summed E-state index contributed by atoms with van der Waals surface area (Å²) in [5, 5.41) is 1.94. The fourth-order valence-corrected chi connectivity index (χ4v) is 2.65. The molecule has 1 aromatic heterocycles. The van der Waals surface area contributed by atoms with E-state index in [9.17, 15) is 4.79 Å². The SMILES string of the molecule is Cc1ccsc1C(=O)N(C)Cc1ccc(N)cc1. The Labute approximate surface area is 111 Å². The first-order valence-corrected chi connectivity index (χ1v) is 6.60. The van der Waals surface area contributed by atoms with Crippen LogP contribution in [-0.4, -0.2) is 17.9 Å². The van der Waals surface area contributed by atoms with Crippen LogP contribution in [0, 0.1) is 6.92 Å². The van der Waals surface area contributed by atoms with Crippen molar-refractivity contribution in [3.05, 3.63) is 51.7 Å². The molecule has 0 unspecified atom stereocenters. The molecular weight excluding hydrogens is 244 g/mol. The number of benzene rings is 1. The third-order valence-corrected chi connectivity index (χ3v) is 3.81. The Hall–Kier alpha value is -1.81. The highest BCUT2D eigenvalue weighted by atomic mass is 32.1. The molecule has 94 valence electrons. The molecule has 2 N–H and O–H groups in total. The van der Waals surface area contributed by atoms with Gasteiger partial charge in [0, 0.05) is 19.3 Å². The molecule has 0 aliphatic rings. The van der Waals surface area contributed by atoms with Gasteiger partial charge in [0.1, 0.15) is 0 Å². The van der Waals surface area contributed by atoms with Gasteiger partial charge in [0.05, 0.1) is 4.88 Å². The number of nitrogens with zero attached hydrogens (tertiary/aromatic N) is 1. The van der Waals surface area contributed by atoms with Crippen molar-refractivity contribution >= 4 is 22.9 Å². The molecule has 0 radical (unpaired) electrons. The van der Waals surface area contributed by atoms with Crippen LogP contribution in [0.3, 0.4) is 0 Å². The van der Waals surface area contributed by atoms with Crippen LogP contribution in [0.25, 0.3) is 0 Å². The van der Waals surface area contributed by atoms with Gasteiger partial charge in [-0.25, -0.2) is 0 Å². The van der Waals surface area contributed by atoms with Crippen LogP contribution in [-0.2, 0) is 6.54 Å². The van der Waals surface area contributed by atoms with E-state index in [-0.39, 0.29) is 5.91 Å². The average molecular weight is 260 g/mol. The number of aryl methyl sites for hydroxylation is 1. The first kappa shape index (κ1) is 12.6. The Bertz CT molecular complexity index is 545. The molecule has 1 amide bonds. The van der Waals surface area contributed by atoms with Gasteiger partial charge in [-0.05, 0) is 41.6 Å². The van der Waals surface area contributed by atoms with Crippen molar-refractivity contribution in [2.45, 2.75) is 13.5 Å². The lowest BCUT2D eigenvalue weighted by Crippen LogP contribution is -2.25. The molecule has 0 saturated heterocycles. The summed E-state index contributed by atoms with van der Waals surface area (Å²) < 4.78 is 0. The maximum absolute atomic E-state index is 12.2. The average Bonchev–Trinajstić information content (AvgIpc) is 2.77. The summed E-state index contributed by atoms with van der Waals surface area (Å²) in [5.41, 5.74) is 8.49. The van der Waals surface area contributed by atoms with Gasteiger partial charge in [0.2, 0.25) is 0 Å². The van der Waals surface area contributed by atoms with Crippen molar-refractivity contribution in [3.63, 3.8) is 0 Å². The molecule has 4 heteroatoms. The molecule has 0 fully saturated rings. The van der Waals surface area contributed by atoms with Crippen LogP contribution in [0.15, 0.2) is 35.7 Å². The van der Waals surface area contributed by atoms with Gasteiger partial charge in [-0.2, -0.15) is 0 Å². The van der Waals surface area contributed by atoms with E-state index in [1.807, 2.05) is 49.7 Å². The van der Waals surface area contributed by atoms with Crippen molar-refractivity contribution in [2.75, 3.05) is 12.8 Å². The summed E-state index contributed by atoms with van der Waals surface area (Å²) in [6.07, 6.45) is 0. The lowest BCUT2D eigenvalue weighted by molar-refractivity contribution is 0.0789. The van der Waals surface area contributed by atoms with E-state index >= 15 is 0 Å². The minimum absolute atomic E-state index is 0.0688. The van der Waals surface area contributed by atoms with Gasteiger partial charge in [-0.1, -0.05) is 12.1 Å². The van der Waals surface area contributed by atoms with E-state index in [1.54, 1.807) is 4.90 Å². The van der Waals surface area contributed by atoms with Gasteiger partial charge in [-0.15, -0.1) is 11.3 Å². The number of carbonyl (C=O) groups is 1. The zero-order valence-electron chi connectivity index (χ0n) is 10.5. The van der Waals surface area contributed by atoms with Crippen molar-refractivity contribution in [2.24, 2.45) is 0 Å². The maximum atomic E-state index is 12.2. The number of thiophene rings is 1. The normalized spacial score (nSPS) is 10.3. The monoisotopic (exact) mass is 260 g/mol. The number of carbonyl (C=O) groups excluding carboxylic acids is 1. The topological polar surface area (TPSA) is 46.3 Å². The lowest BCUT2D eigenvalue weighted by atomic mass is 10.2. The zero-order valence-corrected chi connectivity index (χ0v) is 11.3. The van der Waals surface area contributed by atoms with E-state index < -0.39 is 0 Å². The predicted molar refractivity (Wildman–Crippen MR) is 75.7 cm³/mol. The third kappa shape index (κ3) is 2.71. The minimum Gasteiger partial charge on any atom is -0.399 e. The quantitative estimate of drug-likeness (QED) is 0.862. The number of rotatable bonds is 3. The van der Waals surface area contributed by atoms with Crippen LogP contribution < -0.4 is 5.73 Å². The highest BCUT2D eigenvalue weighted by molar-refractivity contribution is 7.12. The number of hydrogen-bond donors (Lipinski definition) is 1. The van der Waals surface area contributed by atoms with E-state index in [0.717, 1.165) is 21.7 Å². The molecule has 0 bridgehead atoms. The van der Waals surface area contributed by atoms with Crippen molar-refractivity contribution in [1.29, 1.82) is 0 Å². The third-order valence-electron chi connectivity index (χ3n) is 2.80. The van der Waals surface area contributed by atoms with E-state index in [4.69, 9.17) is 5.73 Å². The predicted octanol–water partition coefficient (Wildman–Crippen LogP) is 2.91. The van der Waals surface area contributed by atoms with Crippen LogP contribution >= 0.6 is 11.3 Å². The summed E-state index contributed by atoms with van der Waals surface area (Å²) >= 11 is 1.49. The van der Waals surface area contributed by atoms with Gasteiger partial charge in [0.15, 0.2) is 0 Å². The lowest BCUT2D eigenvalue weighted by Gasteiger charge is -2.17. The molecule has 1 aromatic carbocycles. The second-order valence-corrected chi connectivity index (χ2v) is 5.25. The minimum atomic E-state index is 0.0688. The van der Waals surface area contributed by atoms with Crippen LogP contribution in [0.5, 0.6) is 0 Å². The Morgan fingerprint density at radius 3 is 2.50 bits per heavy atom. The van der Waals surface area contributed by atoms with E-state index in [2.05, 4.69) is 0 Å². The smallest absolute Gasteiger partial charge is 0.264 e. The summed E-state index contributed by atoms with van der Waals surface area (Å²) in [6, 6.07) is 9.56. The maximum Gasteiger partial charge on any atom is 0.264 e. The Morgan fingerprint density at radius 2 is 1.94 bits per heavy atom. The van der Waals surface area contributed by atoms with E-state index in [1.165, 1.54) is 11.3 Å².